The summed E-state index contributed by atoms with van der Waals surface area (Å²) in [6.45, 7) is 2.44. The summed E-state index contributed by atoms with van der Waals surface area (Å²) in [5.41, 5.74) is 0.983. The number of nitrogens with zero attached hydrogens (tertiary/aromatic N) is 3. The topological polar surface area (TPSA) is 93.5 Å². The van der Waals surface area contributed by atoms with Crippen LogP contribution in [-0.4, -0.2) is 59.8 Å². The Hall–Kier alpha value is -3.52. The van der Waals surface area contributed by atoms with Gasteiger partial charge in [0.15, 0.2) is 5.69 Å². The van der Waals surface area contributed by atoms with Crippen molar-refractivity contribution in [3.8, 4) is 0 Å². The molecule has 1 fully saturated rings. The van der Waals surface area contributed by atoms with Gasteiger partial charge in [0.2, 0.25) is 5.91 Å². The quantitative estimate of drug-likeness (QED) is 0.519. The van der Waals surface area contributed by atoms with Crippen LogP contribution in [0.5, 0.6) is 0 Å². The van der Waals surface area contributed by atoms with Crippen molar-refractivity contribution >= 4 is 22.6 Å². The van der Waals surface area contributed by atoms with Gasteiger partial charge in [0.1, 0.15) is 0 Å². The smallest absolute Gasteiger partial charge is 0.274 e. The van der Waals surface area contributed by atoms with E-state index in [0.717, 1.165) is 12.0 Å². The lowest BCUT2D eigenvalue weighted by Gasteiger charge is -2.31. The Bertz CT molecular complexity index is 1200. The fourth-order valence-corrected chi connectivity index (χ4v) is 4.32. The van der Waals surface area contributed by atoms with E-state index in [1.807, 2.05) is 36.4 Å². The van der Waals surface area contributed by atoms with E-state index >= 15 is 0 Å². The van der Waals surface area contributed by atoms with Crippen LogP contribution in [0, 0.1) is 5.92 Å². The standard InChI is InChI=1S/C26H30N4O4/c1-34-17-7-14-27-24(31)20-12-15-29(16-13-20)26(33)23-21-10-5-6-11-22(21)25(32)30(28-23)18-19-8-3-2-4-9-19/h2-6,8-11,20H,7,12-18H2,1H3,(H,27,31). The zero-order chi connectivity index (χ0) is 23.9. The molecule has 0 unspecified atom stereocenters. The van der Waals surface area contributed by atoms with Crippen LogP contribution in [0.15, 0.2) is 59.4 Å². The molecule has 2 aromatic carbocycles. The number of likely N-dealkylation sites (tertiary alicyclic amines) is 1. The highest BCUT2D eigenvalue weighted by Crippen LogP contribution is 2.21. The van der Waals surface area contributed by atoms with Gasteiger partial charge in [0, 0.05) is 44.7 Å². The first kappa shape index (κ1) is 23.6. The summed E-state index contributed by atoms with van der Waals surface area (Å²) in [6.07, 6.45) is 1.98. The Morgan fingerprint density at radius 1 is 1.03 bits per heavy atom. The van der Waals surface area contributed by atoms with Crippen LogP contribution < -0.4 is 10.9 Å². The lowest BCUT2D eigenvalue weighted by Crippen LogP contribution is -2.44. The molecule has 0 atom stereocenters. The van der Waals surface area contributed by atoms with Gasteiger partial charge in [-0.25, -0.2) is 4.68 Å². The molecule has 4 rings (SSSR count). The van der Waals surface area contributed by atoms with Gasteiger partial charge in [-0.3, -0.25) is 14.4 Å². The second kappa shape index (κ2) is 11.1. The molecule has 0 bridgehead atoms. The number of carbonyl (C=O) groups is 2. The summed E-state index contributed by atoms with van der Waals surface area (Å²) in [7, 11) is 1.64. The van der Waals surface area contributed by atoms with E-state index in [4.69, 9.17) is 4.74 Å². The van der Waals surface area contributed by atoms with Crippen molar-refractivity contribution in [3.05, 3.63) is 76.2 Å². The van der Waals surface area contributed by atoms with Crippen molar-refractivity contribution in [2.45, 2.75) is 25.8 Å². The SMILES string of the molecule is COCCCNC(=O)C1CCN(C(=O)c2nn(Cc3ccccc3)c(=O)c3ccccc23)CC1. The molecular formula is C26H30N4O4. The number of piperidine rings is 1. The molecule has 8 nitrogen and oxygen atoms in total. The number of benzene rings is 2. The number of ether oxygens (including phenoxy) is 1. The third-order valence-corrected chi connectivity index (χ3v) is 6.22. The highest BCUT2D eigenvalue weighted by atomic mass is 16.5. The monoisotopic (exact) mass is 462 g/mol. The minimum absolute atomic E-state index is 0.0307. The number of rotatable bonds is 8. The Morgan fingerprint density at radius 2 is 1.71 bits per heavy atom. The minimum Gasteiger partial charge on any atom is -0.385 e. The Balaban J connectivity index is 1.51. The number of aromatic nitrogens is 2. The van der Waals surface area contributed by atoms with Gasteiger partial charge in [-0.1, -0.05) is 48.5 Å². The highest BCUT2D eigenvalue weighted by Gasteiger charge is 2.29. The van der Waals surface area contributed by atoms with Crippen LogP contribution in [0.25, 0.3) is 10.8 Å². The molecule has 1 aromatic heterocycles. The summed E-state index contributed by atoms with van der Waals surface area (Å²) in [5, 5.41) is 8.49. The maximum atomic E-state index is 13.5. The van der Waals surface area contributed by atoms with Gasteiger partial charge in [-0.2, -0.15) is 5.10 Å². The number of amides is 2. The third-order valence-electron chi connectivity index (χ3n) is 6.22. The first-order chi connectivity index (χ1) is 16.6. The summed E-state index contributed by atoms with van der Waals surface area (Å²) in [6, 6.07) is 16.7. The van der Waals surface area contributed by atoms with Crippen LogP contribution in [0.2, 0.25) is 0 Å². The lowest BCUT2D eigenvalue weighted by atomic mass is 9.95. The fraction of sp³-hybridized carbons (Fsp3) is 0.385. The van der Waals surface area contributed by atoms with Gasteiger partial charge >= 0.3 is 0 Å². The molecule has 0 radical (unpaired) electrons. The predicted octanol–water partition coefficient (Wildman–Crippen LogP) is 2.45. The molecule has 34 heavy (non-hydrogen) atoms. The highest BCUT2D eigenvalue weighted by molar-refractivity contribution is 6.04. The molecule has 1 aliphatic heterocycles. The molecule has 8 heteroatoms. The molecule has 3 aromatic rings. The number of hydrogen-bond donors (Lipinski definition) is 1. The van der Waals surface area contributed by atoms with Gasteiger partial charge in [-0.15, -0.1) is 0 Å². The number of carbonyl (C=O) groups excluding carboxylic acids is 2. The van der Waals surface area contributed by atoms with E-state index in [2.05, 4.69) is 10.4 Å². The summed E-state index contributed by atoms with van der Waals surface area (Å²) in [4.78, 5) is 40.7. The second-order valence-electron chi connectivity index (χ2n) is 8.55. The summed E-state index contributed by atoms with van der Waals surface area (Å²) < 4.78 is 6.37. The maximum Gasteiger partial charge on any atom is 0.274 e. The number of hydrogen-bond acceptors (Lipinski definition) is 5. The van der Waals surface area contributed by atoms with Gasteiger partial charge in [-0.05, 0) is 30.9 Å². The number of nitrogens with one attached hydrogen (secondary N) is 1. The van der Waals surface area contributed by atoms with E-state index in [1.165, 1.54) is 4.68 Å². The summed E-state index contributed by atoms with van der Waals surface area (Å²) >= 11 is 0. The zero-order valence-corrected chi connectivity index (χ0v) is 19.4. The van der Waals surface area contributed by atoms with E-state index < -0.39 is 0 Å². The van der Waals surface area contributed by atoms with Crippen molar-refractivity contribution in [1.82, 2.24) is 20.0 Å². The first-order valence-electron chi connectivity index (χ1n) is 11.7. The van der Waals surface area contributed by atoms with E-state index in [1.54, 1.807) is 30.2 Å². The average molecular weight is 463 g/mol. The van der Waals surface area contributed by atoms with E-state index in [0.29, 0.717) is 49.9 Å². The minimum atomic E-state index is -0.222. The molecule has 178 valence electrons. The van der Waals surface area contributed by atoms with Gasteiger partial charge in [0.05, 0.1) is 11.9 Å². The average Bonchev–Trinajstić information content (AvgIpc) is 2.88. The fourth-order valence-electron chi connectivity index (χ4n) is 4.32. The predicted molar refractivity (Wildman–Crippen MR) is 130 cm³/mol. The molecular weight excluding hydrogens is 432 g/mol. The van der Waals surface area contributed by atoms with Crippen LogP contribution in [0.1, 0.15) is 35.3 Å². The molecule has 2 heterocycles. The van der Waals surface area contributed by atoms with Gasteiger partial charge in [0.25, 0.3) is 11.5 Å². The normalized spacial score (nSPS) is 14.3. The Kier molecular flexibility index (Phi) is 7.69. The van der Waals surface area contributed by atoms with Crippen molar-refractivity contribution in [1.29, 1.82) is 0 Å². The Labute approximate surface area is 198 Å². The van der Waals surface area contributed by atoms with Crippen LogP contribution >= 0.6 is 0 Å². The van der Waals surface area contributed by atoms with Crippen LogP contribution in [0.3, 0.4) is 0 Å². The molecule has 1 N–H and O–H groups in total. The summed E-state index contributed by atoms with van der Waals surface area (Å²) in [5.74, 6) is -0.288. The first-order valence-corrected chi connectivity index (χ1v) is 11.7. The molecule has 1 saturated heterocycles. The molecule has 0 saturated carbocycles. The van der Waals surface area contributed by atoms with Crippen molar-refractivity contribution in [2.75, 3.05) is 33.4 Å². The third kappa shape index (κ3) is 5.34. The number of fused-ring (bicyclic) bond motifs is 1. The van der Waals surface area contributed by atoms with Crippen molar-refractivity contribution in [3.63, 3.8) is 0 Å². The van der Waals surface area contributed by atoms with E-state index in [-0.39, 0.29) is 35.5 Å². The molecule has 0 aliphatic carbocycles. The zero-order valence-electron chi connectivity index (χ0n) is 19.4. The molecule has 0 spiro atoms. The van der Waals surface area contributed by atoms with Crippen LogP contribution in [0.4, 0.5) is 0 Å². The largest absolute Gasteiger partial charge is 0.385 e. The molecule has 1 aliphatic rings. The number of methoxy groups -OCH3 is 1. The van der Waals surface area contributed by atoms with Crippen molar-refractivity contribution < 1.29 is 14.3 Å². The molecule has 2 amide bonds. The van der Waals surface area contributed by atoms with E-state index in [9.17, 15) is 14.4 Å². The van der Waals surface area contributed by atoms with Crippen molar-refractivity contribution in [2.24, 2.45) is 5.92 Å². The van der Waals surface area contributed by atoms with Crippen LogP contribution in [-0.2, 0) is 16.1 Å². The maximum absolute atomic E-state index is 13.5. The lowest BCUT2D eigenvalue weighted by molar-refractivity contribution is -0.126. The second-order valence-corrected chi connectivity index (χ2v) is 8.55. The van der Waals surface area contributed by atoms with Gasteiger partial charge < -0.3 is 15.0 Å². The Morgan fingerprint density at radius 3 is 2.41 bits per heavy atom.